The monoisotopic (exact) mass is 546 g/mol. The van der Waals surface area contributed by atoms with Crippen molar-refractivity contribution in [2.24, 2.45) is 0 Å². The van der Waals surface area contributed by atoms with E-state index in [0.29, 0.717) is 24.9 Å². The second-order valence-corrected chi connectivity index (χ2v) is 14.6. The van der Waals surface area contributed by atoms with Gasteiger partial charge >= 0.3 is 5.97 Å². The summed E-state index contributed by atoms with van der Waals surface area (Å²) in [4.78, 5) is 21.8. The second kappa shape index (κ2) is 27.2. The summed E-state index contributed by atoms with van der Waals surface area (Å²) in [7, 11) is 0. The highest BCUT2D eigenvalue weighted by Crippen LogP contribution is 2.21. The second-order valence-electron chi connectivity index (χ2n) is 4.47. The molecular weight excluding hydrogens is 517 g/mol. The van der Waals surface area contributed by atoms with Crippen molar-refractivity contribution in [1.29, 1.82) is 0 Å². The largest absolute Gasteiger partial charge is 0.464 e. The van der Waals surface area contributed by atoms with E-state index in [4.69, 9.17) is 19.6 Å². The Kier molecular flexibility index (Phi) is 29.3. The van der Waals surface area contributed by atoms with Crippen LogP contribution in [-0.2, 0) is 19.3 Å². The Hall–Kier alpha value is 2.15. The van der Waals surface area contributed by atoms with E-state index in [0.717, 1.165) is 42.7 Å². The van der Waals surface area contributed by atoms with Gasteiger partial charge in [0.2, 0.25) is 0 Å². The van der Waals surface area contributed by atoms with E-state index in [-0.39, 0.29) is 11.9 Å². The van der Waals surface area contributed by atoms with Crippen molar-refractivity contribution in [3.8, 4) is 0 Å². The lowest BCUT2D eigenvalue weighted by Crippen LogP contribution is -2.10. The maximum absolute atomic E-state index is 11.5. The molecule has 1 N–H and O–H groups in total. The Morgan fingerprint density at radius 1 is 0.750 bits per heavy atom. The fourth-order valence-corrected chi connectivity index (χ4v) is 8.65. The zero-order chi connectivity index (χ0) is 20.5. The van der Waals surface area contributed by atoms with Gasteiger partial charge in [-0.3, -0.25) is 4.79 Å². The molecule has 13 heteroatoms. The molecule has 0 heterocycles. The van der Waals surface area contributed by atoms with Crippen molar-refractivity contribution in [3.05, 3.63) is 0 Å². The Labute approximate surface area is 203 Å². The maximum atomic E-state index is 11.5. The molecule has 0 saturated heterocycles. The molecule has 168 valence electrons. The molecule has 0 unspecified atom stereocenters. The van der Waals surface area contributed by atoms with Gasteiger partial charge in [-0.2, -0.15) is 11.8 Å². The topological polar surface area (TPSA) is 65.0 Å². The molecule has 0 aromatic carbocycles. The van der Waals surface area contributed by atoms with Crippen LogP contribution in [0.2, 0.25) is 0 Å². The molecule has 0 spiro atoms. The van der Waals surface area contributed by atoms with Crippen molar-refractivity contribution < 1.29 is 24.4 Å². The zero-order valence-electron chi connectivity index (χ0n) is 16.0. The highest BCUT2D eigenvalue weighted by molar-refractivity contribution is 8.26. The van der Waals surface area contributed by atoms with Crippen LogP contribution in [0.4, 0.5) is 0 Å². The van der Waals surface area contributed by atoms with Crippen LogP contribution in [0, 0.1) is 0 Å². The molecule has 0 bridgehead atoms. The molecule has 5 nitrogen and oxygen atoms in total. The number of rotatable bonds is 23. The average molecular weight is 547 g/mol. The highest BCUT2D eigenvalue weighted by Gasteiger charge is 2.03. The molecule has 0 aliphatic heterocycles. The third-order valence-electron chi connectivity index (χ3n) is 2.37. The fourth-order valence-electron chi connectivity index (χ4n) is 1.24. The number of aliphatic hydroxyl groups excluding tert-OH is 1. The first-order valence-electron chi connectivity index (χ1n) is 8.44. The summed E-state index contributed by atoms with van der Waals surface area (Å²) in [5.41, 5.74) is 0. The number of hydrogen-bond acceptors (Lipinski definition) is 13. The Morgan fingerprint density at radius 3 is 2.14 bits per heavy atom. The van der Waals surface area contributed by atoms with E-state index < -0.39 is 0 Å². The lowest BCUT2D eigenvalue weighted by atomic mass is 10.8. The van der Waals surface area contributed by atoms with Crippen LogP contribution in [0.3, 0.4) is 0 Å². The zero-order valence-corrected chi connectivity index (χ0v) is 22.6. The average Bonchev–Trinajstić information content (AvgIpc) is 2.70. The van der Waals surface area contributed by atoms with Crippen LogP contribution >= 0.6 is 94.1 Å². The van der Waals surface area contributed by atoms with Gasteiger partial charge in [0, 0.05) is 36.9 Å². The van der Waals surface area contributed by atoms with Gasteiger partial charge in [0.15, 0.2) is 0 Å². The number of aliphatic hydroxyl groups is 1. The molecular formula is C15H30O5S8. The number of carbonyl (C=O) groups excluding carboxylic acids is 1. The smallest absolute Gasteiger partial charge is 0.315 e. The van der Waals surface area contributed by atoms with Crippen LogP contribution in [-0.4, -0.2) is 84.6 Å². The first-order chi connectivity index (χ1) is 13.8. The molecule has 0 atom stereocenters. The van der Waals surface area contributed by atoms with Crippen molar-refractivity contribution in [2.75, 3.05) is 73.5 Å². The van der Waals surface area contributed by atoms with E-state index in [1.54, 1.807) is 35.3 Å². The minimum absolute atomic E-state index is 0.138. The van der Waals surface area contributed by atoms with Gasteiger partial charge in [-0.15, -0.1) is 82.3 Å². The van der Waals surface area contributed by atoms with Crippen LogP contribution in [0.1, 0.15) is 6.92 Å². The summed E-state index contributed by atoms with van der Waals surface area (Å²) < 4.78 is 5.15. The Bertz CT molecular complexity index is 331. The number of thioether (sulfide) groups is 8. The number of esters is 1. The van der Waals surface area contributed by atoms with Crippen molar-refractivity contribution in [2.45, 2.75) is 6.92 Å². The van der Waals surface area contributed by atoms with Crippen molar-refractivity contribution >= 4 is 100 Å². The van der Waals surface area contributed by atoms with E-state index in [1.165, 1.54) is 11.8 Å². The quantitative estimate of drug-likeness (QED) is 0.0611. The van der Waals surface area contributed by atoms with Crippen LogP contribution in [0.15, 0.2) is 0 Å². The summed E-state index contributed by atoms with van der Waals surface area (Å²) in [5, 5.41) is 13.5. The summed E-state index contributed by atoms with van der Waals surface area (Å²) in [5.74, 6) is 3.85. The molecule has 0 amide bonds. The van der Waals surface area contributed by atoms with Gasteiger partial charge < -0.3 is 9.84 Å². The van der Waals surface area contributed by atoms with Gasteiger partial charge in [0.25, 0.3) is 0 Å². The summed E-state index contributed by atoms with van der Waals surface area (Å²) in [6.07, 6.45) is 0. The van der Waals surface area contributed by atoms with Crippen LogP contribution < -0.4 is 0 Å². The van der Waals surface area contributed by atoms with E-state index in [2.05, 4.69) is 6.92 Å². The molecule has 28 heavy (non-hydrogen) atoms. The third kappa shape index (κ3) is 26.2. The minimum atomic E-state index is -0.144. The summed E-state index contributed by atoms with van der Waals surface area (Å²) >= 11 is 13.9. The maximum Gasteiger partial charge on any atom is 0.315 e. The first kappa shape index (κ1) is 30.1. The Balaban J connectivity index is 3.10. The van der Waals surface area contributed by atoms with Gasteiger partial charge in [-0.25, -0.2) is 9.78 Å². The molecule has 0 aliphatic carbocycles. The van der Waals surface area contributed by atoms with Gasteiger partial charge in [-0.1, -0.05) is 6.92 Å². The Morgan fingerprint density at radius 2 is 1.39 bits per heavy atom. The fraction of sp³-hybridized carbons (Fsp3) is 0.933. The predicted octanol–water partition coefficient (Wildman–Crippen LogP) is 5.06. The molecule has 0 aromatic heterocycles. The number of hydrogen-bond donors (Lipinski definition) is 1. The van der Waals surface area contributed by atoms with E-state index in [9.17, 15) is 4.79 Å². The first-order valence-corrected chi connectivity index (χ1v) is 17.7. The number of ether oxygens (including phenoxy) is 1. The lowest BCUT2D eigenvalue weighted by molar-refractivity contribution is -0.274. The van der Waals surface area contributed by atoms with Gasteiger partial charge in [-0.05, 0) is 5.75 Å². The summed E-state index contributed by atoms with van der Waals surface area (Å²) in [6.45, 7) is 3.22. The molecule has 0 radical (unpaired) electrons. The molecule has 0 aliphatic rings. The van der Waals surface area contributed by atoms with E-state index >= 15 is 0 Å². The van der Waals surface area contributed by atoms with Gasteiger partial charge in [0.1, 0.15) is 12.5 Å². The number of carbonyl (C=O) groups is 1. The van der Waals surface area contributed by atoms with Crippen LogP contribution in [0.5, 0.6) is 0 Å². The molecule has 0 saturated carbocycles. The van der Waals surface area contributed by atoms with Gasteiger partial charge in [0.05, 0.1) is 18.3 Å². The standard InChI is InChI=1S/C15H30O5S8/c1-2-21-10-26-9-20-19-4-6-23-12-27-14-28-13-24-7-15(17)18-3-5-22-11-25-8-16/h16H,2-14H2,1H3. The minimum Gasteiger partial charge on any atom is -0.464 e. The third-order valence-corrected chi connectivity index (χ3v) is 11.2. The van der Waals surface area contributed by atoms with E-state index in [1.807, 2.05) is 47.0 Å². The molecule has 0 aromatic rings. The van der Waals surface area contributed by atoms with Crippen molar-refractivity contribution in [3.63, 3.8) is 0 Å². The van der Waals surface area contributed by atoms with Crippen molar-refractivity contribution in [1.82, 2.24) is 0 Å². The molecule has 0 fully saturated rings. The lowest BCUT2D eigenvalue weighted by Gasteiger charge is -2.05. The summed E-state index contributed by atoms with van der Waals surface area (Å²) in [6, 6.07) is 0. The highest BCUT2D eigenvalue weighted by atomic mass is 32.2. The molecule has 0 rings (SSSR count). The van der Waals surface area contributed by atoms with Crippen LogP contribution in [0.25, 0.3) is 0 Å². The SMILES string of the molecule is CCSCSCOOCCSCSCSCSCC(=O)OCCSCSCO. The predicted molar refractivity (Wildman–Crippen MR) is 140 cm³/mol. The normalized spacial score (nSPS) is 11.1.